The van der Waals surface area contributed by atoms with Crippen molar-refractivity contribution in [3.8, 4) is 0 Å². The number of hydrogen-bond acceptors (Lipinski definition) is 4. The van der Waals surface area contributed by atoms with Gasteiger partial charge in [-0.1, -0.05) is 0 Å². The van der Waals surface area contributed by atoms with E-state index in [-0.39, 0.29) is 19.1 Å². The van der Waals surface area contributed by atoms with Crippen molar-refractivity contribution in [1.29, 1.82) is 0 Å². The van der Waals surface area contributed by atoms with Gasteiger partial charge >= 0.3 is 12.0 Å². The summed E-state index contributed by atoms with van der Waals surface area (Å²) >= 11 is 0. The van der Waals surface area contributed by atoms with Gasteiger partial charge in [0.15, 0.2) is 0 Å². The highest BCUT2D eigenvalue weighted by atomic mass is 16.5. The van der Waals surface area contributed by atoms with Crippen LogP contribution >= 0.6 is 0 Å². The molecule has 8 nitrogen and oxygen atoms in total. The lowest BCUT2D eigenvalue weighted by atomic mass is 10.1. The van der Waals surface area contributed by atoms with Gasteiger partial charge in [-0.3, -0.25) is 4.79 Å². The fraction of sp³-hybridized carbons (Fsp3) is 0.615. The molecule has 2 rings (SSSR count). The number of morpholine rings is 1. The Hall–Kier alpha value is -2.09. The topological polar surface area (TPSA) is 87.9 Å². The zero-order valence-corrected chi connectivity index (χ0v) is 12.2. The van der Waals surface area contributed by atoms with Crippen LogP contribution in [0.3, 0.4) is 0 Å². The van der Waals surface area contributed by atoms with Crippen molar-refractivity contribution in [2.45, 2.75) is 19.0 Å². The smallest absolute Gasteiger partial charge is 0.320 e. The molecule has 1 N–H and O–H groups in total. The third-order valence-corrected chi connectivity index (χ3v) is 3.51. The zero-order chi connectivity index (χ0) is 15.4. The number of hydrogen-bond donors (Lipinski definition) is 1. The number of ether oxygens (including phenoxy) is 1. The molecule has 1 aliphatic rings. The predicted molar refractivity (Wildman–Crippen MR) is 73.6 cm³/mol. The molecule has 0 aliphatic carbocycles. The van der Waals surface area contributed by atoms with E-state index in [1.54, 1.807) is 23.0 Å². The van der Waals surface area contributed by atoms with Crippen LogP contribution in [0.25, 0.3) is 0 Å². The van der Waals surface area contributed by atoms with Crippen molar-refractivity contribution in [3.63, 3.8) is 0 Å². The lowest BCUT2D eigenvalue weighted by Crippen LogP contribution is -2.53. The van der Waals surface area contributed by atoms with E-state index < -0.39 is 12.0 Å². The Morgan fingerprint density at radius 1 is 1.57 bits per heavy atom. The molecule has 0 radical (unpaired) electrons. The molecule has 0 saturated carbocycles. The minimum absolute atomic E-state index is 0.109. The van der Waals surface area contributed by atoms with Crippen LogP contribution < -0.4 is 0 Å². The lowest BCUT2D eigenvalue weighted by molar-refractivity contribution is -0.139. The second-order valence-corrected chi connectivity index (χ2v) is 5.11. The normalized spacial score (nSPS) is 18.6. The fourth-order valence-corrected chi connectivity index (χ4v) is 2.33. The highest BCUT2D eigenvalue weighted by Gasteiger charge is 2.31. The number of imidazole rings is 1. The van der Waals surface area contributed by atoms with Crippen molar-refractivity contribution in [2.24, 2.45) is 7.05 Å². The van der Waals surface area contributed by atoms with Crippen molar-refractivity contribution in [3.05, 3.63) is 18.2 Å². The fourth-order valence-electron chi connectivity index (χ4n) is 2.33. The largest absolute Gasteiger partial charge is 0.481 e. The standard InChI is InChI=1S/C13H20N4O4/c1-15-4-3-14-11(15)8-16(2)13(20)17-5-6-21-9-10(17)7-12(18)19/h3-4,10H,5-9H2,1-2H3,(H,18,19). The minimum Gasteiger partial charge on any atom is -0.481 e. The number of aromatic nitrogens is 2. The van der Waals surface area contributed by atoms with Crippen LogP contribution in [-0.2, 0) is 23.1 Å². The summed E-state index contributed by atoms with van der Waals surface area (Å²) < 4.78 is 7.12. The van der Waals surface area contributed by atoms with E-state index in [9.17, 15) is 9.59 Å². The molecule has 1 aromatic rings. The minimum atomic E-state index is -0.935. The molecule has 2 heterocycles. The van der Waals surface area contributed by atoms with Crippen LogP contribution in [0.5, 0.6) is 0 Å². The molecule has 1 aliphatic heterocycles. The molecule has 1 unspecified atom stereocenters. The Morgan fingerprint density at radius 2 is 2.33 bits per heavy atom. The van der Waals surface area contributed by atoms with Crippen molar-refractivity contribution in [1.82, 2.24) is 19.4 Å². The molecule has 2 amide bonds. The van der Waals surface area contributed by atoms with E-state index in [2.05, 4.69) is 4.98 Å². The van der Waals surface area contributed by atoms with Crippen LogP contribution in [0.1, 0.15) is 12.2 Å². The average Bonchev–Trinajstić information content (AvgIpc) is 2.83. The second kappa shape index (κ2) is 6.57. The van der Waals surface area contributed by atoms with Gasteiger partial charge in [-0.15, -0.1) is 0 Å². The highest BCUT2D eigenvalue weighted by molar-refractivity contribution is 5.76. The van der Waals surface area contributed by atoms with E-state index in [0.29, 0.717) is 19.7 Å². The summed E-state index contributed by atoms with van der Waals surface area (Å²) in [6, 6.07) is -0.625. The van der Waals surface area contributed by atoms with E-state index >= 15 is 0 Å². The van der Waals surface area contributed by atoms with Gasteiger partial charge in [0.2, 0.25) is 0 Å². The van der Waals surface area contributed by atoms with Gasteiger partial charge < -0.3 is 24.2 Å². The summed E-state index contributed by atoms with van der Waals surface area (Å²) in [7, 11) is 3.55. The summed E-state index contributed by atoms with van der Waals surface area (Å²) in [5.74, 6) is -0.163. The van der Waals surface area contributed by atoms with Crippen LogP contribution in [0.4, 0.5) is 4.79 Å². The summed E-state index contributed by atoms with van der Waals surface area (Å²) in [6.45, 7) is 1.47. The third kappa shape index (κ3) is 3.72. The molecular weight excluding hydrogens is 276 g/mol. The number of rotatable bonds is 4. The number of carbonyl (C=O) groups excluding carboxylic acids is 1. The zero-order valence-electron chi connectivity index (χ0n) is 12.2. The Bertz CT molecular complexity index is 516. The lowest BCUT2D eigenvalue weighted by Gasteiger charge is -2.37. The monoisotopic (exact) mass is 296 g/mol. The number of nitrogens with zero attached hydrogens (tertiary/aromatic N) is 4. The maximum atomic E-state index is 12.5. The summed E-state index contributed by atoms with van der Waals surface area (Å²) in [5, 5.41) is 8.93. The molecule has 116 valence electrons. The number of carboxylic acids is 1. The van der Waals surface area contributed by atoms with E-state index in [1.165, 1.54) is 0 Å². The van der Waals surface area contributed by atoms with Gasteiger partial charge in [0.05, 0.1) is 32.2 Å². The van der Waals surface area contributed by atoms with E-state index in [1.807, 2.05) is 17.8 Å². The number of amides is 2. The number of carbonyl (C=O) groups is 2. The van der Waals surface area contributed by atoms with Crippen molar-refractivity contribution < 1.29 is 19.4 Å². The Balaban J connectivity index is 2.02. The average molecular weight is 296 g/mol. The van der Waals surface area contributed by atoms with Crippen LogP contribution in [0, 0.1) is 0 Å². The Morgan fingerprint density at radius 3 is 2.95 bits per heavy atom. The maximum Gasteiger partial charge on any atom is 0.320 e. The van der Waals surface area contributed by atoms with Gasteiger partial charge in [0, 0.05) is 33.0 Å². The van der Waals surface area contributed by atoms with Gasteiger partial charge in [-0.2, -0.15) is 0 Å². The first kappa shape index (κ1) is 15.3. The summed E-state index contributed by atoms with van der Waals surface area (Å²) in [4.78, 5) is 30.7. The first-order valence-corrected chi connectivity index (χ1v) is 6.76. The van der Waals surface area contributed by atoms with E-state index in [0.717, 1.165) is 5.82 Å². The number of urea groups is 1. The van der Waals surface area contributed by atoms with Gasteiger partial charge in [0.1, 0.15) is 5.82 Å². The molecule has 0 aromatic carbocycles. The highest BCUT2D eigenvalue weighted by Crippen LogP contribution is 2.14. The first-order valence-electron chi connectivity index (χ1n) is 6.76. The van der Waals surface area contributed by atoms with E-state index in [4.69, 9.17) is 9.84 Å². The first-order chi connectivity index (χ1) is 9.99. The Kier molecular flexibility index (Phi) is 4.79. The molecule has 8 heteroatoms. The number of aryl methyl sites for hydroxylation is 1. The summed E-state index contributed by atoms with van der Waals surface area (Å²) in [6.07, 6.45) is 3.38. The molecule has 1 saturated heterocycles. The molecule has 0 spiro atoms. The van der Waals surface area contributed by atoms with Crippen LogP contribution in [0.2, 0.25) is 0 Å². The molecule has 1 fully saturated rings. The van der Waals surface area contributed by atoms with Crippen LogP contribution in [-0.4, -0.2) is 69.3 Å². The van der Waals surface area contributed by atoms with Crippen LogP contribution in [0.15, 0.2) is 12.4 Å². The van der Waals surface area contributed by atoms with Crippen molar-refractivity contribution >= 4 is 12.0 Å². The number of carboxylic acid groups (broad SMARTS) is 1. The SMILES string of the molecule is CN(Cc1nccn1C)C(=O)N1CCOCC1CC(=O)O. The predicted octanol–water partition coefficient (Wildman–Crippen LogP) is 0.147. The van der Waals surface area contributed by atoms with Gasteiger partial charge in [-0.25, -0.2) is 9.78 Å². The Labute approximate surface area is 122 Å². The molecule has 21 heavy (non-hydrogen) atoms. The van der Waals surface area contributed by atoms with Gasteiger partial charge in [0.25, 0.3) is 0 Å². The maximum absolute atomic E-state index is 12.5. The van der Waals surface area contributed by atoms with Crippen molar-refractivity contribution in [2.75, 3.05) is 26.8 Å². The van der Waals surface area contributed by atoms with Gasteiger partial charge in [-0.05, 0) is 0 Å². The third-order valence-electron chi connectivity index (χ3n) is 3.51. The second-order valence-electron chi connectivity index (χ2n) is 5.11. The summed E-state index contributed by atoms with van der Waals surface area (Å²) in [5.41, 5.74) is 0. The number of aliphatic carboxylic acids is 1. The quantitative estimate of drug-likeness (QED) is 0.854. The molecular formula is C13H20N4O4. The molecule has 1 atom stereocenters. The molecule has 0 bridgehead atoms. The molecule has 1 aromatic heterocycles.